The van der Waals surface area contributed by atoms with E-state index in [0.717, 1.165) is 5.75 Å². The van der Waals surface area contributed by atoms with E-state index in [1.165, 1.54) is 4.90 Å². The molecular weight excluding hydrogens is 232 g/mol. The van der Waals surface area contributed by atoms with Gasteiger partial charge in [0.05, 0.1) is 13.2 Å². The van der Waals surface area contributed by atoms with Crippen LogP contribution in [0.1, 0.15) is 0 Å². The Kier molecular flexibility index (Phi) is 6.64. The molecule has 0 radical (unpaired) electrons. The lowest BCUT2D eigenvalue weighted by molar-refractivity contribution is 0.111. The number of hydrogen-bond acceptors (Lipinski definition) is 3. The van der Waals surface area contributed by atoms with Crippen molar-refractivity contribution in [2.75, 3.05) is 32.0 Å². The Hall–Kier alpha value is -0.380. The van der Waals surface area contributed by atoms with Crippen LogP contribution in [0.3, 0.4) is 0 Å². The second-order valence-corrected chi connectivity index (χ2v) is 4.08. The standard InChI is InChI=1S/C11H15ClO2S/c1-15-11-4-2-10(3-5-11)14-9-8-13-7-6-12/h2-5H,6-9H2,1H3. The number of rotatable bonds is 7. The van der Waals surface area contributed by atoms with Crippen LogP contribution in [0.15, 0.2) is 29.2 Å². The van der Waals surface area contributed by atoms with E-state index in [0.29, 0.717) is 25.7 Å². The first kappa shape index (κ1) is 12.7. The number of ether oxygens (including phenoxy) is 2. The van der Waals surface area contributed by atoms with E-state index in [-0.39, 0.29) is 0 Å². The van der Waals surface area contributed by atoms with E-state index in [1.54, 1.807) is 11.8 Å². The molecule has 1 rings (SSSR count). The Morgan fingerprint density at radius 3 is 2.47 bits per heavy atom. The quantitative estimate of drug-likeness (QED) is 0.419. The predicted molar refractivity (Wildman–Crippen MR) is 65.3 cm³/mol. The van der Waals surface area contributed by atoms with Crippen LogP contribution >= 0.6 is 23.4 Å². The molecule has 1 aromatic carbocycles. The van der Waals surface area contributed by atoms with Crippen molar-refractivity contribution < 1.29 is 9.47 Å². The van der Waals surface area contributed by atoms with Crippen LogP contribution in [0.25, 0.3) is 0 Å². The van der Waals surface area contributed by atoms with Gasteiger partial charge in [0.15, 0.2) is 0 Å². The Labute approximate surface area is 99.9 Å². The van der Waals surface area contributed by atoms with Crippen molar-refractivity contribution in [1.29, 1.82) is 0 Å². The van der Waals surface area contributed by atoms with E-state index < -0.39 is 0 Å². The molecule has 0 N–H and O–H groups in total. The molecule has 0 unspecified atom stereocenters. The molecule has 4 heteroatoms. The molecule has 0 amide bonds. The fraction of sp³-hybridized carbons (Fsp3) is 0.455. The molecular formula is C11H15ClO2S. The molecule has 0 aliphatic rings. The zero-order valence-electron chi connectivity index (χ0n) is 8.74. The summed E-state index contributed by atoms with van der Waals surface area (Å²) in [6, 6.07) is 8.01. The average Bonchev–Trinajstić information content (AvgIpc) is 2.30. The summed E-state index contributed by atoms with van der Waals surface area (Å²) in [6.07, 6.45) is 2.05. The zero-order chi connectivity index (χ0) is 10.9. The van der Waals surface area contributed by atoms with Gasteiger partial charge in [-0.25, -0.2) is 0 Å². The number of benzene rings is 1. The van der Waals surface area contributed by atoms with Gasteiger partial charge < -0.3 is 9.47 Å². The highest BCUT2D eigenvalue weighted by Crippen LogP contribution is 2.18. The smallest absolute Gasteiger partial charge is 0.119 e. The third kappa shape index (κ3) is 5.30. The van der Waals surface area contributed by atoms with Crippen molar-refractivity contribution in [3.63, 3.8) is 0 Å². The molecule has 0 saturated carbocycles. The van der Waals surface area contributed by atoms with Gasteiger partial charge in [-0.15, -0.1) is 23.4 Å². The van der Waals surface area contributed by atoms with E-state index in [9.17, 15) is 0 Å². The van der Waals surface area contributed by atoms with Crippen molar-refractivity contribution in [1.82, 2.24) is 0 Å². The Morgan fingerprint density at radius 1 is 1.13 bits per heavy atom. The molecule has 0 aliphatic carbocycles. The monoisotopic (exact) mass is 246 g/mol. The molecule has 1 aromatic rings. The highest BCUT2D eigenvalue weighted by molar-refractivity contribution is 7.98. The van der Waals surface area contributed by atoms with Crippen molar-refractivity contribution >= 4 is 23.4 Å². The summed E-state index contributed by atoms with van der Waals surface area (Å²) in [5.41, 5.74) is 0. The molecule has 2 nitrogen and oxygen atoms in total. The molecule has 0 spiro atoms. The van der Waals surface area contributed by atoms with Gasteiger partial charge in [-0.05, 0) is 30.5 Å². The van der Waals surface area contributed by atoms with E-state index >= 15 is 0 Å². The maximum atomic E-state index is 5.47. The summed E-state index contributed by atoms with van der Waals surface area (Å²) in [4.78, 5) is 1.24. The highest BCUT2D eigenvalue weighted by Gasteiger charge is 1.94. The first-order valence-corrected chi connectivity index (χ1v) is 6.53. The van der Waals surface area contributed by atoms with Crippen LogP contribution in [0, 0.1) is 0 Å². The number of thioether (sulfide) groups is 1. The molecule has 0 atom stereocenters. The minimum atomic E-state index is 0.530. The van der Waals surface area contributed by atoms with E-state index in [1.807, 2.05) is 24.3 Å². The van der Waals surface area contributed by atoms with Gasteiger partial charge in [0.2, 0.25) is 0 Å². The lowest BCUT2D eigenvalue weighted by Gasteiger charge is -2.06. The minimum absolute atomic E-state index is 0.530. The highest BCUT2D eigenvalue weighted by atomic mass is 35.5. The summed E-state index contributed by atoms with van der Waals surface area (Å²) in [5, 5.41) is 0. The minimum Gasteiger partial charge on any atom is -0.491 e. The first-order chi connectivity index (χ1) is 7.36. The molecule has 0 aliphatic heterocycles. The van der Waals surface area contributed by atoms with E-state index in [4.69, 9.17) is 21.1 Å². The second-order valence-electron chi connectivity index (χ2n) is 2.83. The van der Waals surface area contributed by atoms with Crippen LogP contribution in [0.5, 0.6) is 5.75 Å². The summed E-state index contributed by atoms with van der Waals surface area (Å²) >= 11 is 7.18. The second kappa shape index (κ2) is 7.85. The topological polar surface area (TPSA) is 18.5 Å². The fourth-order valence-electron chi connectivity index (χ4n) is 1.05. The molecule has 15 heavy (non-hydrogen) atoms. The number of halogens is 1. The first-order valence-electron chi connectivity index (χ1n) is 4.77. The van der Waals surface area contributed by atoms with E-state index in [2.05, 4.69) is 6.26 Å². The maximum Gasteiger partial charge on any atom is 0.119 e. The van der Waals surface area contributed by atoms with Crippen LogP contribution in [-0.4, -0.2) is 32.0 Å². The Morgan fingerprint density at radius 2 is 1.87 bits per heavy atom. The number of hydrogen-bond donors (Lipinski definition) is 0. The lowest BCUT2D eigenvalue weighted by atomic mass is 10.3. The predicted octanol–water partition coefficient (Wildman–Crippen LogP) is 3.04. The third-order valence-electron chi connectivity index (χ3n) is 1.78. The van der Waals surface area contributed by atoms with Crippen LogP contribution in [0.2, 0.25) is 0 Å². The normalized spacial score (nSPS) is 10.3. The van der Waals surface area contributed by atoms with Gasteiger partial charge in [-0.3, -0.25) is 0 Å². The van der Waals surface area contributed by atoms with Gasteiger partial charge in [0, 0.05) is 10.8 Å². The average molecular weight is 247 g/mol. The SMILES string of the molecule is CSc1ccc(OCCOCCCl)cc1. The zero-order valence-corrected chi connectivity index (χ0v) is 10.3. The van der Waals surface area contributed by atoms with Crippen molar-refractivity contribution in [2.45, 2.75) is 4.90 Å². The van der Waals surface area contributed by atoms with Gasteiger partial charge in [-0.2, -0.15) is 0 Å². The molecule has 0 bridgehead atoms. The van der Waals surface area contributed by atoms with Gasteiger partial charge >= 0.3 is 0 Å². The van der Waals surface area contributed by atoms with Crippen LogP contribution in [0.4, 0.5) is 0 Å². The molecule has 84 valence electrons. The fourth-order valence-corrected chi connectivity index (χ4v) is 1.56. The Balaban J connectivity index is 2.20. The third-order valence-corrected chi connectivity index (χ3v) is 2.68. The summed E-state index contributed by atoms with van der Waals surface area (Å²) < 4.78 is 10.7. The van der Waals surface area contributed by atoms with Gasteiger partial charge in [-0.1, -0.05) is 0 Å². The van der Waals surface area contributed by atoms with Crippen LogP contribution < -0.4 is 4.74 Å². The Bertz CT molecular complexity index is 264. The maximum absolute atomic E-state index is 5.47. The lowest BCUT2D eigenvalue weighted by Crippen LogP contribution is -2.07. The van der Waals surface area contributed by atoms with Crippen LogP contribution in [-0.2, 0) is 4.74 Å². The van der Waals surface area contributed by atoms with Crippen molar-refractivity contribution in [2.24, 2.45) is 0 Å². The molecule has 0 heterocycles. The molecule has 0 aromatic heterocycles. The summed E-state index contributed by atoms with van der Waals surface area (Å²) in [7, 11) is 0. The van der Waals surface area contributed by atoms with Gasteiger partial charge in [0.1, 0.15) is 12.4 Å². The number of alkyl halides is 1. The summed E-state index contributed by atoms with van der Waals surface area (Å²) in [5.74, 6) is 1.41. The van der Waals surface area contributed by atoms with Crippen molar-refractivity contribution in [3.8, 4) is 5.75 Å². The van der Waals surface area contributed by atoms with Crippen molar-refractivity contribution in [3.05, 3.63) is 24.3 Å². The largest absolute Gasteiger partial charge is 0.491 e. The summed E-state index contributed by atoms with van der Waals surface area (Å²) in [6.45, 7) is 1.73. The molecule has 0 saturated heterocycles. The molecule has 0 fully saturated rings. The van der Waals surface area contributed by atoms with Gasteiger partial charge in [0.25, 0.3) is 0 Å².